The Morgan fingerprint density at radius 3 is 2.54 bits per heavy atom. The van der Waals surface area contributed by atoms with Gasteiger partial charge >= 0.3 is 0 Å². The molecule has 1 aliphatic heterocycles. The summed E-state index contributed by atoms with van der Waals surface area (Å²) >= 11 is 0. The number of hydrogen-bond donors (Lipinski definition) is 1. The van der Waals surface area contributed by atoms with E-state index in [9.17, 15) is 13.2 Å². The fourth-order valence-electron chi connectivity index (χ4n) is 3.60. The van der Waals surface area contributed by atoms with E-state index in [0.717, 1.165) is 0 Å². The van der Waals surface area contributed by atoms with Crippen molar-refractivity contribution in [1.29, 1.82) is 0 Å². The van der Waals surface area contributed by atoms with Gasteiger partial charge in [-0.15, -0.1) is 0 Å². The normalized spacial score (nSPS) is 25.4. The first-order chi connectivity index (χ1) is 12.5. The maximum absolute atomic E-state index is 13.1. The van der Waals surface area contributed by atoms with Crippen LogP contribution in [0.15, 0.2) is 54.6 Å². The fourth-order valence-corrected chi connectivity index (χ4v) is 5.96. The van der Waals surface area contributed by atoms with Gasteiger partial charge in [-0.25, -0.2) is 8.42 Å². The SMILES string of the molecule is CCOc1ccc(NC(=O)[C@@]23C[C@@H]2CN(c2ccccc2)S3(=O)=O)cc1. The Balaban J connectivity index is 1.55. The second-order valence-corrected chi connectivity index (χ2v) is 8.69. The van der Waals surface area contributed by atoms with E-state index in [2.05, 4.69) is 5.32 Å². The van der Waals surface area contributed by atoms with Gasteiger partial charge in [0.15, 0.2) is 4.75 Å². The Labute approximate surface area is 152 Å². The lowest BCUT2D eigenvalue weighted by molar-refractivity contribution is -0.116. The molecule has 1 saturated heterocycles. The molecule has 2 aromatic rings. The topological polar surface area (TPSA) is 75.7 Å². The summed E-state index contributed by atoms with van der Waals surface area (Å²) in [5.41, 5.74) is 1.17. The molecule has 4 rings (SSSR count). The van der Waals surface area contributed by atoms with Gasteiger partial charge in [0.25, 0.3) is 0 Å². The number of nitrogens with one attached hydrogen (secondary N) is 1. The van der Waals surface area contributed by atoms with Gasteiger partial charge < -0.3 is 10.1 Å². The molecule has 2 aromatic carbocycles. The molecule has 6 nitrogen and oxygen atoms in total. The van der Waals surface area contributed by atoms with Gasteiger partial charge in [-0.1, -0.05) is 18.2 Å². The minimum absolute atomic E-state index is 0.171. The number of sulfonamides is 1. The zero-order chi connectivity index (χ0) is 18.4. The number of ether oxygens (including phenoxy) is 1. The third-order valence-electron chi connectivity index (χ3n) is 5.04. The molecule has 1 saturated carbocycles. The second-order valence-electron chi connectivity index (χ2n) is 6.57. The molecule has 1 aliphatic carbocycles. The van der Waals surface area contributed by atoms with E-state index >= 15 is 0 Å². The standard InChI is InChI=1S/C19H20N2O4S/c1-2-25-17-10-8-15(9-11-17)20-18(22)19-12-14(19)13-21(26(19,23)24)16-6-4-3-5-7-16/h3-11,14H,2,12-13H2,1H3,(H,20,22)/t14-,19-/m1/s1. The molecular formula is C19H20N2O4S. The third-order valence-corrected chi connectivity index (χ3v) is 7.58. The van der Waals surface area contributed by atoms with Gasteiger partial charge in [-0.3, -0.25) is 9.10 Å². The molecule has 7 heteroatoms. The van der Waals surface area contributed by atoms with Gasteiger partial charge in [0.05, 0.1) is 12.3 Å². The van der Waals surface area contributed by atoms with Crippen LogP contribution in [0, 0.1) is 5.92 Å². The number of rotatable bonds is 5. The van der Waals surface area contributed by atoms with Crippen molar-refractivity contribution in [2.45, 2.75) is 18.1 Å². The van der Waals surface area contributed by atoms with Gasteiger partial charge in [0, 0.05) is 18.2 Å². The first-order valence-corrected chi connectivity index (χ1v) is 10.0. The van der Waals surface area contributed by atoms with Crippen LogP contribution in [0.5, 0.6) is 5.75 Å². The molecule has 1 N–H and O–H groups in total. The highest BCUT2D eigenvalue weighted by atomic mass is 32.2. The second kappa shape index (κ2) is 6.02. The van der Waals surface area contributed by atoms with Gasteiger partial charge in [0.2, 0.25) is 15.9 Å². The number of carbonyl (C=O) groups is 1. The van der Waals surface area contributed by atoms with Crippen molar-refractivity contribution < 1.29 is 17.9 Å². The highest BCUT2D eigenvalue weighted by Gasteiger charge is 2.75. The van der Waals surface area contributed by atoms with Crippen LogP contribution in [0.1, 0.15) is 13.3 Å². The van der Waals surface area contributed by atoms with Crippen molar-refractivity contribution in [1.82, 2.24) is 0 Å². The molecule has 1 heterocycles. The largest absolute Gasteiger partial charge is 0.494 e. The van der Waals surface area contributed by atoms with E-state index in [4.69, 9.17) is 4.74 Å². The van der Waals surface area contributed by atoms with Crippen molar-refractivity contribution in [3.05, 3.63) is 54.6 Å². The number of hydrogen-bond acceptors (Lipinski definition) is 4. The number of fused-ring (bicyclic) bond motifs is 1. The maximum atomic E-state index is 13.1. The molecular weight excluding hydrogens is 352 g/mol. The minimum atomic E-state index is -3.75. The number of nitrogens with zero attached hydrogens (tertiary/aromatic N) is 1. The number of amides is 1. The summed E-state index contributed by atoms with van der Waals surface area (Å²) in [4.78, 5) is 12.8. The van der Waals surface area contributed by atoms with Crippen molar-refractivity contribution in [3.63, 3.8) is 0 Å². The molecule has 0 radical (unpaired) electrons. The average Bonchev–Trinajstić information content (AvgIpc) is 3.33. The first-order valence-electron chi connectivity index (χ1n) is 8.60. The summed E-state index contributed by atoms with van der Waals surface area (Å²) < 4.78 is 31.5. The Bertz CT molecular complexity index is 928. The molecule has 0 spiro atoms. The van der Waals surface area contributed by atoms with E-state index in [1.165, 1.54) is 4.31 Å². The summed E-state index contributed by atoms with van der Waals surface area (Å²) in [7, 11) is -3.75. The van der Waals surface area contributed by atoms with Crippen molar-refractivity contribution in [2.24, 2.45) is 5.92 Å². The number of para-hydroxylation sites is 1. The zero-order valence-corrected chi connectivity index (χ0v) is 15.2. The molecule has 26 heavy (non-hydrogen) atoms. The van der Waals surface area contributed by atoms with Crippen LogP contribution in [0.4, 0.5) is 11.4 Å². The summed E-state index contributed by atoms with van der Waals surface area (Å²) in [5, 5.41) is 2.76. The molecule has 2 aliphatic rings. The molecule has 0 bridgehead atoms. The first kappa shape index (κ1) is 16.9. The van der Waals surface area contributed by atoms with E-state index in [-0.39, 0.29) is 5.92 Å². The Morgan fingerprint density at radius 1 is 1.19 bits per heavy atom. The Morgan fingerprint density at radius 2 is 1.88 bits per heavy atom. The van der Waals surface area contributed by atoms with Crippen molar-refractivity contribution in [3.8, 4) is 5.75 Å². The molecule has 136 valence electrons. The van der Waals surface area contributed by atoms with E-state index < -0.39 is 20.7 Å². The van der Waals surface area contributed by atoms with Crippen LogP contribution < -0.4 is 14.4 Å². The van der Waals surface area contributed by atoms with E-state index in [0.29, 0.717) is 36.7 Å². The summed E-state index contributed by atoms with van der Waals surface area (Å²) in [6, 6.07) is 15.9. The molecule has 0 unspecified atom stereocenters. The molecule has 0 aromatic heterocycles. The van der Waals surface area contributed by atoms with Crippen LogP contribution in [0.3, 0.4) is 0 Å². The maximum Gasteiger partial charge on any atom is 0.250 e. The lowest BCUT2D eigenvalue weighted by Crippen LogP contribution is -2.42. The van der Waals surface area contributed by atoms with Gasteiger partial charge in [-0.2, -0.15) is 0 Å². The van der Waals surface area contributed by atoms with Gasteiger partial charge in [-0.05, 0) is 49.7 Å². The van der Waals surface area contributed by atoms with E-state index in [1.54, 1.807) is 48.5 Å². The van der Waals surface area contributed by atoms with Crippen LogP contribution in [0.2, 0.25) is 0 Å². The number of anilines is 2. The lowest BCUT2D eigenvalue weighted by Gasteiger charge is -2.22. The highest BCUT2D eigenvalue weighted by molar-refractivity contribution is 7.95. The molecule has 2 atom stereocenters. The monoisotopic (exact) mass is 372 g/mol. The summed E-state index contributed by atoms with van der Waals surface area (Å²) in [6.45, 7) is 2.80. The Hall–Kier alpha value is -2.54. The van der Waals surface area contributed by atoms with Crippen LogP contribution in [-0.4, -0.2) is 32.2 Å². The zero-order valence-electron chi connectivity index (χ0n) is 14.4. The lowest BCUT2D eigenvalue weighted by atomic mass is 10.2. The average molecular weight is 372 g/mol. The Kier molecular flexibility index (Phi) is 3.91. The van der Waals surface area contributed by atoms with Crippen molar-refractivity contribution in [2.75, 3.05) is 22.8 Å². The highest BCUT2D eigenvalue weighted by Crippen LogP contribution is 2.58. The van der Waals surface area contributed by atoms with Crippen molar-refractivity contribution >= 4 is 27.3 Å². The van der Waals surface area contributed by atoms with Gasteiger partial charge in [0.1, 0.15) is 5.75 Å². The van der Waals surface area contributed by atoms with Crippen LogP contribution >= 0.6 is 0 Å². The predicted molar refractivity (Wildman–Crippen MR) is 99.8 cm³/mol. The minimum Gasteiger partial charge on any atom is -0.494 e. The molecule has 1 amide bonds. The quantitative estimate of drug-likeness (QED) is 0.875. The molecule has 2 fully saturated rings. The van der Waals surface area contributed by atoms with Crippen LogP contribution in [0.25, 0.3) is 0 Å². The number of carbonyl (C=O) groups excluding carboxylic acids is 1. The smallest absolute Gasteiger partial charge is 0.250 e. The van der Waals surface area contributed by atoms with E-state index in [1.807, 2.05) is 13.0 Å². The number of benzene rings is 2. The summed E-state index contributed by atoms with van der Waals surface area (Å²) in [5.74, 6) is 0.0807. The third kappa shape index (κ3) is 2.46. The van der Waals surface area contributed by atoms with Crippen LogP contribution in [-0.2, 0) is 14.8 Å². The summed E-state index contributed by atoms with van der Waals surface area (Å²) in [6.07, 6.45) is 0.377. The fraction of sp³-hybridized carbons (Fsp3) is 0.316. The predicted octanol–water partition coefficient (Wildman–Crippen LogP) is 2.63.